The molecule has 5 aromatic carbocycles. The van der Waals surface area contributed by atoms with Crippen molar-refractivity contribution in [2.45, 2.75) is 126 Å². The zero-order valence-corrected chi connectivity index (χ0v) is 38.5. The largest absolute Gasteiger partial charge is 0.506 e. The number of azo groups is 1. The number of hydrogen-bond acceptors (Lipinski definition) is 9. The molecule has 0 aliphatic rings. The maximum absolute atomic E-state index is 14.0. The van der Waals surface area contributed by atoms with Crippen LogP contribution in [0.1, 0.15) is 126 Å². The molecule has 0 radical (unpaired) electrons. The molecule has 12 nitrogen and oxygen atoms in total. The molecule has 0 fully saturated rings. The molecule has 5 rings (SSSR count). The van der Waals surface area contributed by atoms with Gasteiger partial charge in [-0.25, -0.2) is 8.42 Å². The van der Waals surface area contributed by atoms with Gasteiger partial charge >= 0.3 is 0 Å². The van der Waals surface area contributed by atoms with E-state index in [1.54, 1.807) is 66.7 Å². The first kappa shape index (κ1) is 48.7. The smallest absolute Gasteiger partial charge is 0.294 e. The second kappa shape index (κ2) is 23.9. The van der Waals surface area contributed by atoms with Crippen molar-refractivity contribution in [3.63, 3.8) is 0 Å². The molecule has 4 N–H and O–H groups in total. The van der Waals surface area contributed by atoms with Gasteiger partial charge in [0, 0.05) is 30.1 Å². The summed E-state index contributed by atoms with van der Waals surface area (Å²) in [6.45, 7) is 4.78. The van der Waals surface area contributed by atoms with Gasteiger partial charge in [-0.2, -0.15) is 13.5 Å². The predicted molar refractivity (Wildman–Crippen MR) is 255 cm³/mol. The Kier molecular flexibility index (Phi) is 18.5. The zero-order chi connectivity index (χ0) is 45.2. The van der Waals surface area contributed by atoms with Gasteiger partial charge in [0.1, 0.15) is 5.75 Å². The van der Waals surface area contributed by atoms with Crippen LogP contribution in [-0.4, -0.2) is 46.0 Å². The van der Waals surface area contributed by atoms with E-state index < -0.39 is 26.0 Å². The SMILES string of the molecule is CCCCCCCCCCCCCCCCCCN(C)c1ccc(S(=O)(=O)O)cc1NC(=O)c1cc(N=Nc2ccc(NS(=O)(=O)c3ccc(C)cc3)cc2)c2ccccc2c1O. The number of sulfonamides is 1. The summed E-state index contributed by atoms with van der Waals surface area (Å²) in [7, 11) is -6.54. The molecule has 0 unspecified atom stereocenters. The molecule has 0 spiro atoms. The highest BCUT2D eigenvalue weighted by Crippen LogP contribution is 2.38. The summed E-state index contributed by atoms with van der Waals surface area (Å²) in [5, 5.41) is 23.8. The van der Waals surface area contributed by atoms with Crippen LogP contribution < -0.4 is 14.9 Å². The van der Waals surface area contributed by atoms with Crippen LogP contribution in [0.5, 0.6) is 5.75 Å². The molecule has 0 aliphatic heterocycles. The van der Waals surface area contributed by atoms with Crippen molar-refractivity contribution in [3.05, 3.63) is 108 Å². The van der Waals surface area contributed by atoms with Gasteiger partial charge in [0.2, 0.25) is 0 Å². The van der Waals surface area contributed by atoms with Gasteiger partial charge in [-0.3, -0.25) is 14.1 Å². The van der Waals surface area contributed by atoms with Crippen molar-refractivity contribution < 1.29 is 31.3 Å². The lowest BCUT2D eigenvalue weighted by atomic mass is 10.0. The number of benzene rings is 5. The van der Waals surface area contributed by atoms with Gasteiger partial charge < -0.3 is 15.3 Å². The molecule has 5 aromatic rings. The molecule has 0 saturated carbocycles. The highest BCUT2D eigenvalue weighted by Gasteiger charge is 2.22. The van der Waals surface area contributed by atoms with E-state index in [1.807, 2.05) is 18.9 Å². The third-order valence-electron chi connectivity index (χ3n) is 11.2. The van der Waals surface area contributed by atoms with E-state index in [-0.39, 0.29) is 32.5 Å². The second-order valence-corrected chi connectivity index (χ2v) is 19.4. The first-order valence-electron chi connectivity index (χ1n) is 22.3. The van der Waals surface area contributed by atoms with Crippen molar-refractivity contribution in [1.29, 1.82) is 0 Å². The van der Waals surface area contributed by atoms with Gasteiger partial charge in [-0.15, -0.1) is 5.11 Å². The lowest BCUT2D eigenvalue weighted by molar-refractivity contribution is 0.102. The summed E-state index contributed by atoms with van der Waals surface area (Å²) in [4.78, 5) is 15.7. The number of phenolic OH excluding ortho intramolecular Hbond substituents is 1. The molecule has 1 amide bonds. The van der Waals surface area contributed by atoms with Crippen LogP contribution in [0.2, 0.25) is 0 Å². The van der Waals surface area contributed by atoms with Crippen LogP contribution in [0.3, 0.4) is 0 Å². The Balaban J connectivity index is 1.21. The lowest BCUT2D eigenvalue weighted by Gasteiger charge is -2.23. The Labute approximate surface area is 374 Å². The maximum Gasteiger partial charge on any atom is 0.294 e. The lowest BCUT2D eigenvalue weighted by Crippen LogP contribution is -2.22. The second-order valence-electron chi connectivity index (χ2n) is 16.3. The molecule has 0 heterocycles. The number of carbonyl (C=O) groups is 1. The third-order valence-corrected chi connectivity index (χ3v) is 13.5. The molecule has 0 atom stereocenters. The maximum atomic E-state index is 14.0. The van der Waals surface area contributed by atoms with Crippen LogP contribution in [0.15, 0.2) is 117 Å². The summed E-state index contributed by atoms with van der Waals surface area (Å²) in [5.41, 5.74) is 2.49. The first-order valence-corrected chi connectivity index (χ1v) is 25.2. The summed E-state index contributed by atoms with van der Waals surface area (Å²) >= 11 is 0. The monoisotopic (exact) mass is 897 g/mol. The van der Waals surface area contributed by atoms with E-state index in [9.17, 15) is 31.3 Å². The molecule has 63 heavy (non-hydrogen) atoms. The van der Waals surface area contributed by atoms with Crippen LogP contribution in [0, 0.1) is 6.92 Å². The quantitative estimate of drug-likeness (QED) is 0.0241. The normalized spacial score (nSPS) is 11.9. The molecular formula is C49H63N5O7S2. The Morgan fingerprint density at radius 3 is 1.76 bits per heavy atom. The topological polar surface area (TPSA) is 178 Å². The van der Waals surface area contributed by atoms with Crippen LogP contribution in [0.4, 0.5) is 28.4 Å². The van der Waals surface area contributed by atoms with Crippen LogP contribution in [0.25, 0.3) is 10.8 Å². The number of aryl methyl sites for hydroxylation is 1. The number of unbranched alkanes of at least 4 members (excludes halogenated alkanes) is 15. The van der Waals surface area contributed by atoms with Gasteiger partial charge in [0.25, 0.3) is 26.0 Å². The average molecular weight is 898 g/mol. The van der Waals surface area contributed by atoms with E-state index in [4.69, 9.17) is 0 Å². The Morgan fingerprint density at radius 1 is 0.651 bits per heavy atom. The minimum absolute atomic E-state index is 0.132. The number of nitrogens with one attached hydrogen (secondary N) is 2. The molecular weight excluding hydrogens is 835 g/mol. The summed E-state index contributed by atoms with van der Waals surface area (Å²) in [6, 6.07) is 25.1. The first-order chi connectivity index (χ1) is 30.3. The van der Waals surface area contributed by atoms with E-state index in [2.05, 4.69) is 27.2 Å². The van der Waals surface area contributed by atoms with Gasteiger partial charge in [0.05, 0.1) is 38.1 Å². The van der Waals surface area contributed by atoms with E-state index in [0.717, 1.165) is 24.8 Å². The minimum atomic E-state index is -4.60. The van der Waals surface area contributed by atoms with E-state index in [0.29, 0.717) is 34.4 Å². The number of hydrogen-bond donors (Lipinski definition) is 4. The van der Waals surface area contributed by atoms with Crippen LogP contribution in [-0.2, 0) is 20.1 Å². The highest BCUT2D eigenvalue weighted by molar-refractivity contribution is 7.92. The Hall–Kier alpha value is -5.31. The third kappa shape index (κ3) is 14.9. The number of fused-ring (bicyclic) bond motifs is 1. The van der Waals surface area contributed by atoms with Crippen molar-refractivity contribution in [2.24, 2.45) is 10.2 Å². The molecule has 0 saturated heterocycles. The summed E-state index contributed by atoms with van der Waals surface area (Å²) in [6.07, 6.45) is 20.2. The van der Waals surface area contributed by atoms with E-state index >= 15 is 0 Å². The number of anilines is 3. The van der Waals surface area contributed by atoms with Gasteiger partial charge in [0.15, 0.2) is 0 Å². The molecule has 338 valence electrons. The molecule has 0 aliphatic carbocycles. The fourth-order valence-corrected chi connectivity index (χ4v) is 9.12. The average Bonchev–Trinajstić information content (AvgIpc) is 3.26. The Morgan fingerprint density at radius 2 is 1.19 bits per heavy atom. The highest BCUT2D eigenvalue weighted by atomic mass is 32.2. The summed E-state index contributed by atoms with van der Waals surface area (Å²) in [5.74, 6) is -1.04. The molecule has 0 aromatic heterocycles. The zero-order valence-electron chi connectivity index (χ0n) is 36.9. The van der Waals surface area contributed by atoms with E-state index in [1.165, 1.54) is 114 Å². The number of amides is 1. The fraction of sp³-hybridized carbons (Fsp3) is 0.408. The standard InChI is InChI=1S/C49H63N5O7S2/c1-4-5-6-7-8-9-10-11-12-13-14-15-16-17-18-21-34-54(3)47-33-32-41(63(59,60)61)35-46(47)50-49(56)44-36-45(42-22-19-20-23-43(42)48(44)55)52-51-38-26-28-39(29-27-38)53-62(57,58)40-30-24-37(2)25-31-40/h19-20,22-33,35-36,53,55H,4-18,21,34H2,1-3H3,(H,50,56)(H,59,60,61). The number of rotatable bonds is 26. The molecule has 14 heteroatoms. The minimum Gasteiger partial charge on any atom is -0.506 e. The number of carbonyl (C=O) groups excluding carboxylic acids is 1. The van der Waals surface area contributed by atoms with Crippen molar-refractivity contribution in [3.8, 4) is 5.75 Å². The number of nitrogens with zero attached hydrogens (tertiary/aromatic N) is 3. The van der Waals surface area contributed by atoms with Crippen LogP contribution >= 0.6 is 0 Å². The van der Waals surface area contributed by atoms with Gasteiger partial charge in [-0.1, -0.05) is 145 Å². The van der Waals surface area contributed by atoms with Crippen molar-refractivity contribution in [1.82, 2.24) is 0 Å². The Bertz CT molecular complexity index is 2510. The molecule has 0 bridgehead atoms. The predicted octanol–water partition coefficient (Wildman–Crippen LogP) is 13.3. The summed E-state index contributed by atoms with van der Waals surface area (Å²) < 4.78 is 62.5. The van der Waals surface area contributed by atoms with Crippen molar-refractivity contribution >= 4 is 65.3 Å². The number of aromatic hydroxyl groups is 1. The van der Waals surface area contributed by atoms with Crippen molar-refractivity contribution in [2.75, 3.05) is 28.5 Å². The fourth-order valence-electron chi connectivity index (χ4n) is 7.55. The number of phenols is 1. The van der Waals surface area contributed by atoms with Gasteiger partial charge in [-0.05, 0) is 74.0 Å².